The van der Waals surface area contributed by atoms with Gasteiger partial charge in [-0.1, -0.05) is 46.0 Å². The highest BCUT2D eigenvalue weighted by molar-refractivity contribution is 5.69. The second-order valence-electron chi connectivity index (χ2n) is 4.96. The highest BCUT2D eigenvalue weighted by Crippen LogP contribution is 2.04. The molecule has 0 N–H and O–H groups in total. The van der Waals surface area contributed by atoms with Crippen molar-refractivity contribution >= 4 is 5.97 Å². The van der Waals surface area contributed by atoms with Crippen LogP contribution in [0.5, 0.6) is 0 Å². The molecule has 0 saturated carbocycles. The van der Waals surface area contributed by atoms with E-state index in [-0.39, 0.29) is 5.97 Å². The Morgan fingerprint density at radius 3 is 2.00 bits per heavy atom. The molecule has 0 atom stereocenters. The van der Waals surface area contributed by atoms with E-state index in [9.17, 15) is 4.79 Å². The molecule has 0 radical (unpaired) electrons. The minimum atomic E-state index is -0.143. The summed E-state index contributed by atoms with van der Waals surface area (Å²) in [5.74, 6) is -0.143. The Balaban J connectivity index is 3.01. The molecule has 0 aliphatic rings. The van der Waals surface area contributed by atoms with Crippen molar-refractivity contribution < 1.29 is 19.0 Å². The van der Waals surface area contributed by atoms with Gasteiger partial charge in [0.05, 0.1) is 19.8 Å². The molecule has 0 saturated heterocycles. The first-order chi connectivity index (χ1) is 9.81. The third-order valence-electron chi connectivity index (χ3n) is 2.96. The van der Waals surface area contributed by atoms with Gasteiger partial charge in [0.2, 0.25) is 0 Å². The molecule has 0 fully saturated rings. The number of hydrogen-bond donors (Lipinski definition) is 0. The average molecular weight is 288 g/mol. The lowest BCUT2D eigenvalue weighted by atomic mass is 10.1. The summed E-state index contributed by atoms with van der Waals surface area (Å²) < 4.78 is 15.8. The Labute approximate surface area is 124 Å². The summed E-state index contributed by atoms with van der Waals surface area (Å²) in [5.41, 5.74) is 0. The highest BCUT2D eigenvalue weighted by Gasteiger charge is 1.99. The number of ether oxygens (including phenoxy) is 3. The van der Waals surface area contributed by atoms with Crippen LogP contribution in [-0.4, -0.2) is 39.0 Å². The molecule has 0 unspecified atom stereocenters. The SMILES string of the molecule is CCCCCCCCOCCOCCOC(=O)CCC. The monoisotopic (exact) mass is 288 g/mol. The van der Waals surface area contributed by atoms with Crippen LogP contribution in [0.25, 0.3) is 0 Å². The normalized spacial score (nSPS) is 10.7. The van der Waals surface area contributed by atoms with Crippen molar-refractivity contribution in [2.75, 3.05) is 33.0 Å². The van der Waals surface area contributed by atoms with E-state index < -0.39 is 0 Å². The summed E-state index contributed by atoms with van der Waals surface area (Å²) in [6.45, 7) is 7.00. The van der Waals surface area contributed by atoms with Gasteiger partial charge in [-0.3, -0.25) is 4.79 Å². The van der Waals surface area contributed by atoms with Crippen molar-refractivity contribution in [3.05, 3.63) is 0 Å². The van der Waals surface area contributed by atoms with Gasteiger partial charge in [-0.2, -0.15) is 0 Å². The highest BCUT2D eigenvalue weighted by atomic mass is 16.6. The van der Waals surface area contributed by atoms with Crippen molar-refractivity contribution in [3.63, 3.8) is 0 Å². The smallest absolute Gasteiger partial charge is 0.305 e. The van der Waals surface area contributed by atoms with E-state index in [2.05, 4.69) is 6.92 Å². The molecule has 0 aromatic carbocycles. The van der Waals surface area contributed by atoms with Crippen LogP contribution >= 0.6 is 0 Å². The van der Waals surface area contributed by atoms with E-state index in [1.54, 1.807) is 0 Å². The van der Waals surface area contributed by atoms with E-state index in [0.717, 1.165) is 19.4 Å². The van der Waals surface area contributed by atoms with Crippen LogP contribution in [0.1, 0.15) is 65.2 Å². The van der Waals surface area contributed by atoms with Crippen LogP contribution in [0, 0.1) is 0 Å². The van der Waals surface area contributed by atoms with Gasteiger partial charge in [0, 0.05) is 13.0 Å². The van der Waals surface area contributed by atoms with E-state index in [1.807, 2.05) is 6.92 Å². The second-order valence-corrected chi connectivity index (χ2v) is 4.96. The van der Waals surface area contributed by atoms with Gasteiger partial charge < -0.3 is 14.2 Å². The molecular formula is C16H32O4. The standard InChI is InChI=1S/C16H32O4/c1-3-5-6-7-8-9-11-18-12-13-19-14-15-20-16(17)10-4-2/h3-15H2,1-2H3. The minimum Gasteiger partial charge on any atom is -0.463 e. The maximum atomic E-state index is 11.0. The summed E-state index contributed by atoms with van der Waals surface area (Å²) in [7, 11) is 0. The van der Waals surface area contributed by atoms with Crippen LogP contribution in [0.2, 0.25) is 0 Å². The zero-order valence-electron chi connectivity index (χ0n) is 13.3. The van der Waals surface area contributed by atoms with E-state index in [4.69, 9.17) is 14.2 Å². The molecule has 0 rings (SSSR count). The summed E-state index contributed by atoms with van der Waals surface area (Å²) in [5, 5.41) is 0. The number of hydrogen-bond acceptors (Lipinski definition) is 4. The Kier molecular flexibility index (Phi) is 15.9. The van der Waals surface area contributed by atoms with Crippen LogP contribution < -0.4 is 0 Å². The molecule has 0 bridgehead atoms. The first kappa shape index (κ1) is 19.4. The molecule has 0 heterocycles. The van der Waals surface area contributed by atoms with Crippen LogP contribution in [0.3, 0.4) is 0 Å². The molecule has 0 aromatic rings. The number of rotatable bonds is 15. The summed E-state index contributed by atoms with van der Waals surface area (Å²) in [6, 6.07) is 0. The second kappa shape index (κ2) is 16.4. The van der Waals surface area contributed by atoms with Crippen LogP contribution in [-0.2, 0) is 19.0 Å². The fourth-order valence-corrected chi connectivity index (χ4v) is 1.80. The topological polar surface area (TPSA) is 44.8 Å². The Morgan fingerprint density at radius 1 is 0.700 bits per heavy atom. The van der Waals surface area contributed by atoms with Crippen molar-refractivity contribution in [2.45, 2.75) is 65.2 Å². The quantitative estimate of drug-likeness (QED) is 0.340. The maximum Gasteiger partial charge on any atom is 0.305 e. The predicted molar refractivity (Wildman–Crippen MR) is 80.9 cm³/mol. The molecule has 0 aliphatic heterocycles. The zero-order chi connectivity index (χ0) is 14.9. The van der Waals surface area contributed by atoms with Gasteiger partial charge in [0.25, 0.3) is 0 Å². The van der Waals surface area contributed by atoms with E-state index in [1.165, 1.54) is 32.1 Å². The van der Waals surface area contributed by atoms with Crippen molar-refractivity contribution in [1.29, 1.82) is 0 Å². The molecule has 0 aliphatic carbocycles. The number of unbranched alkanes of at least 4 members (excludes halogenated alkanes) is 5. The van der Waals surface area contributed by atoms with E-state index >= 15 is 0 Å². The molecule has 0 aromatic heterocycles. The Hall–Kier alpha value is -0.610. The molecule has 0 spiro atoms. The fraction of sp³-hybridized carbons (Fsp3) is 0.938. The first-order valence-corrected chi connectivity index (χ1v) is 8.12. The third-order valence-corrected chi connectivity index (χ3v) is 2.96. The largest absolute Gasteiger partial charge is 0.463 e. The van der Waals surface area contributed by atoms with Crippen LogP contribution in [0.4, 0.5) is 0 Å². The van der Waals surface area contributed by atoms with E-state index in [0.29, 0.717) is 32.8 Å². The molecular weight excluding hydrogens is 256 g/mol. The first-order valence-electron chi connectivity index (χ1n) is 8.12. The molecule has 0 amide bonds. The third kappa shape index (κ3) is 15.4. The van der Waals surface area contributed by atoms with Gasteiger partial charge in [0.1, 0.15) is 6.61 Å². The summed E-state index contributed by atoms with van der Waals surface area (Å²) in [6.07, 6.45) is 9.01. The molecule has 120 valence electrons. The molecule has 4 nitrogen and oxygen atoms in total. The summed E-state index contributed by atoms with van der Waals surface area (Å²) in [4.78, 5) is 11.0. The zero-order valence-corrected chi connectivity index (χ0v) is 13.3. The predicted octanol–water partition coefficient (Wildman–Crippen LogP) is 3.72. The molecule has 20 heavy (non-hydrogen) atoms. The average Bonchev–Trinajstić information content (AvgIpc) is 2.44. The lowest BCUT2D eigenvalue weighted by Gasteiger charge is -2.06. The minimum absolute atomic E-state index is 0.143. The van der Waals surface area contributed by atoms with Gasteiger partial charge >= 0.3 is 5.97 Å². The van der Waals surface area contributed by atoms with Crippen molar-refractivity contribution in [2.24, 2.45) is 0 Å². The lowest BCUT2D eigenvalue weighted by Crippen LogP contribution is -2.12. The van der Waals surface area contributed by atoms with Gasteiger partial charge in [-0.05, 0) is 12.8 Å². The van der Waals surface area contributed by atoms with Crippen molar-refractivity contribution in [1.82, 2.24) is 0 Å². The number of carbonyl (C=O) groups excluding carboxylic acids is 1. The van der Waals surface area contributed by atoms with Crippen molar-refractivity contribution in [3.8, 4) is 0 Å². The maximum absolute atomic E-state index is 11.0. The Morgan fingerprint density at radius 2 is 1.30 bits per heavy atom. The molecule has 4 heteroatoms. The lowest BCUT2D eigenvalue weighted by molar-refractivity contribution is -0.145. The summed E-state index contributed by atoms with van der Waals surface area (Å²) >= 11 is 0. The van der Waals surface area contributed by atoms with Gasteiger partial charge in [-0.15, -0.1) is 0 Å². The van der Waals surface area contributed by atoms with Crippen LogP contribution in [0.15, 0.2) is 0 Å². The van der Waals surface area contributed by atoms with Gasteiger partial charge in [0.15, 0.2) is 0 Å². The number of carbonyl (C=O) groups is 1. The Bertz CT molecular complexity index is 207. The number of esters is 1. The fourth-order valence-electron chi connectivity index (χ4n) is 1.80. The van der Waals surface area contributed by atoms with Gasteiger partial charge in [-0.25, -0.2) is 0 Å².